The number of benzene rings is 3. The Hall–Kier alpha value is -2.58. The summed E-state index contributed by atoms with van der Waals surface area (Å²) in [6.07, 6.45) is 6.19. The van der Waals surface area contributed by atoms with Crippen molar-refractivity contribution in [1.29, 1.82) is 0 Å². The number of halogens is 2. The molecule has 8 heteroatoms. The van der Waals surface area contributed by atoms with Gasteiger partial charge in [0.05, 0.1) is 6.61 Å². The quantitative estimate of drug-likeness (QED) is 0.227. The number of fused-ring (bicyclic) bond motifs is 2. The number of ether oxygens (including phenoxy) is 1. The molecule has 0 aliphatic heterocycles. The van der Waals surface area contributed by atoms with Crippen LogP contribution in [0.5, 0.6) is 0 Å². The largest absolute Gasteiger partial charge is 0.465 e. The summed E-state index contributed by atoms with van der Waals surface area (Å²) in [5.41, 5.74) is 1.94. The van der Waals surface area contributed by atoms with E-state index in [1.807, 2.05) is 0 Å². The van der Waals surface area contributed by atoms with Crippen LogP contribution in [0.4, 0.5) is 8.78 Å². The molecular formula is C29H30F2O5S. The van der Waals surface area contributed by atoms with E-state index in [2.05, 4.69) is 55.5 Å². The lowest BCUT2D eigenvalue weighted by atomic mass is 9.42. The maximum Gasteiger partial charge on any atom is 0.465 e. The van der Waals surface area contributed by atoms with Crippen LogP contribution in [-0.2, 0) is 31.5 Å². The van der Waals surface area contributed by atoms with Crippen molar-refractivity contribution in [3.63, 3.8) is 0 Å². The summed E-state index contributed by atoms with van der Waals surface area (Å²) in [4.78, 5) is 12.1. The second-order valence-electron chi connectivity index (χ2n) is 11.6. The van der Waals surface area contributed by atoms with Gasteiger partial charge in [-0.05, 0) is 94.9 Å². The molecule has 4 aliphatic rings. The van der Waals surface area contributed by atoms with Crippen LogP contribution in [0.3, 0.4) is 0 Å². The third kappa shape index (κ3) is 3.70. The van der Waals surface area contributed by atoms with Crippen molar-refractivity contribution in [2.24, 2.45) is 17.3 Å². The number of carbonyl (C=O) groups excluding carboxylic acids is 1. The Labute approximate surface area is 214 Å². The first kappa shape index (κ1) is 24.7. The fraction of sp³-hybridized carbons (Fsp3) is 0.483. The number of carbonyl (C=O) groups is 1. The fourth-order valence-corrected chi connectivity index (χ4v) is 8.76. The van der Waals surface area contributed by atoms with Crippen LogP contribution >= 0.6 is 0 Å². The first-order valence-electron chi connectivity index (χ1n) is 12.9. The Morgan fingerprint density at radius 3 is 1.97 bits per heavy atom. The van der Waals surface area contributed by atoms with E-state index < -0.39 is 26.8 Å². The molecule has 0 amide bonds. The van der Waals surface area contributed by atoms with E-state index in [1.54, 1.807) is 0 Å². The highest BCUT2D eigenvalue weighted by atomic mass is 32.2. The van der Waals surface area contributed by atoms with Gasteiger partial charge in [0.15, 0.2) is 0 Å². The van der Waals surface area contributed by atoms with Crippen molar-refractivity contribution in [3.8, 4) is 0 Å². The van der Waals surface area contributed by atoms with Gasteiger partial charge in [0.25, 0.3) is 0 Å². The minimum absolute atomic E-state index is 0.187. The van der Waals surface area contributed by atoms with Gasteiger partial charge in [-0.2, -0.15) is 17.2 Å². The van der Waals surface area contributed by atoms with E-state index in [0.717, 1.165) is 38.5 Å². The van der Waals surface area contributed by atoms with Crippen molar-refractivity contribution < 1.29 is 31.3 Å². The van der Waals surface area contributed by atoms with E-state index >= 15 is 0 Å². The fourth-order valence-electron chi connectivity index (χ4n) is 8.49. The van der Waals surface area contributed by atoms with Gasteiger partial charge in [0.2, 0.25) is 0 Å². The zero-order chi connectivity index (χ0) is 26.2. The van der Waals surface area contributed by atoms with Gasteiger partial charge >= 0.3 is 21.3 Å². The molecule has 0 aromatic heterocycles. The van der Waals surface area contributed by atoms with E-state index in [9.17, 15) is 22.0 Å². The number of hydrogen-bond acceptors (Lipinski definition) is 4. The smallest absolute Gasteiger partial charge is 0.460 e. The molecule has 7 rings (SSSR count). The lowest BCUT2D eigenvalue weighted by Crippen LogP contribution is -2.56. The third-order valence-electron chi connectivity index (χ3n) is 9.18. The number of rotatable bonds is 6. The molecule has 37 heavy (non-hydrogen) atoms. The Balaban J connectivity index is 1.46. The van der Waals surface area contributed by atoms with Crippen molar-refractivity contribution in [1.82, 2.24) is 0 Å². The van der Waals surface area contributed by atoms with Crippen molar-refractivity contribution in [2.75, 3.05) is 6.61 Å². The molecule has 5 nitrogen and oxygen atoms in total. The van der Waals surface area contributed by atoms with Crippen LogP contribution < -0.4 is 0 Å². The Morgan fingerprint density at radius 1 is 0.973 bits per heavy atom. The molecule has 3 aromatic carbocycles. The Morgan fingerprint density at radius 2 is 1.49 bits per heavy atom. The van der Waals surface area contributed by atoms with Gasteiger partial charge in [-0.1, -0.05) is 55.5 Å². The normalized spacial score (nSPS) is 29.2. The zero-order valence-corrected chi connectivity index (χ0v) is 21.5. The Kier molecular flexibility index (Phi) is 5.49. The summed E-state index contributed by atoms with van der Waals surface area (Å²) < 4.78 is 63.8. The standard InChI is InChI=1S/C29H30F2O5S/c1-2-20-21-7-3-5-9-23(21)25(24-10-6-4-8-22(20)24)28-14-18-11-19(15-28)13-27(12-18,16-28)17-36-26(32)29(30,31)37(33,34)35/h3-10,18-19H,2,11-17H2,1H3,(H,33,34,35). The van der Waals surface area contributed by atoms with Crippen LogP contribution in [0.15, 0.2) is 48.5 Å². The van der Waals surface area contributed by atoms with Crippen LogP contribution in [0.25, 0.3) is 21.5 Å². The molecule has 196 valence electrons. The number of hydrogen-bond donors (Lipinski definition) is 1. The lowest BCUT2D eigenvalue weighted by Gasteiger charge is -2.62. The molecule has 4 aliphatic carbocycles. The molecule has 0 spiro atoms. The summed E-state index contributed by atoms with van der Waals surface area (Å²) in [5.74, 6) is -1.45. The maximum atomic E-state index is 13.9. The third-order valence-corrected chi connectivity index (χ3v) is 9.99. The monoisotopic (exact) mass is 528 g/mol. The summed E-state index contributed by atoms with van der Waals surface area (Å²) in [6.45, 7) is 1.90. The minimum Gasteiger partial charge on any atom is -0.460 e. The highest BCUT2D eigenvalue weighted by molar-refractivity contribution is 7.87. The van der Waals surface area contributed by atoms with Crippen LogP contribution in [0.1, 0.15) is 56.6 Å². The molecule has 0 radical (unpaired) electrons. The highest BCUT2D eigenvalue weighted by Gasteiger charge is 2.60. The summed E-state index contributed by atoms with van der Waals surface area (Å²) in [7, 11) is -5.90. The summed E-state index contributed by atoms with van der Waals surface area (Å²) in [6, 6.07) is 17.0. The van der Waals surface area contributed by atoms with E-state index in [0.29, 0.717) is 18.3 Å². The highest BCUT2D eigenvalue weighted by Crippen LogP contribution is 2.67. The first-order valence-corrected chi connectivity index (χ1v) is 14.4. The average Bonchev–Trinajstić information content (AvgIpc) is 2.84. The van der Waals surface area contributed by atoms with Gasteiger partial charge < -0.3 is 4.74 Å². The van der Waals surface area contributed by atoms with Crippen molar-refractivity contribution >= 4 is 37.6 Å². The summed E-state index contributed by atoms with van der Waals surface area (Å²) in [5, 5.41) is -0.0458. The maximum absolute atomic E-state index is 13.9. The van der Waals surface area contributed by atoms with Crippen LogP contribution in [0.2, 0.25) is 0 Å². The van der Waals surface area contributed by atoms with Gasteiger partial charge in [-0.15, -0.1) is 0 Å². The molecule has 2 unspecified atom stereocenters. The van der Waals surface area contributed by atoms with Gasteiger partial charge in [0, 0.05) is 5.41 Å². The predicted octanol–water partition coefficient (Wildman–Crippen LogP) is 6.42. The molecule has 3 aromatic rings. The molecule has 2 atom stereocenters. The van der Waals surface area contributed by atoms with Gasteiger partial charge in [-0.25, -0.2) is 4.79 Å². The summed E-state index contributed by atoms with van der Waals surface area (Å²) >= 11 is 0. The lowest BCUT2D eigenvalue weighted by molar-refractivity contribution is -0.173. The van der Waals surface area contributed by atoms with E-state index in [1.165, 1.54) is 32.7 Å². The van der Waals surface area contributed by atoms with Gasteiger partial charge in [-0.3, -0.25) is 4.55 Å². The molecule has 4 saturated carbocycles. The van der Waals surface area contributed by atoms with E-state index in [-0.39, 0.29) is 12.0 Å². The number of esters is 1. The molecule has 0 saturated heterocycles. The van der Waals surface area contributed by atoms with E-state index in [4.69, 9.17) is 9.29 Å². The molecule has 4 fully saturated rings. The van der Waals surface area contributed by atoms with Gasteiger partial charge in [0.1, 0.15) is 0 Å². The van der Waals surface area contributed by atoms with Crippen molar-refractivity contribution in [2.45, 2.75) is 62.5 Å². The zero-order valence-electron chi connectivity index (χ0n) is 20.7. The number of alkyl halides is 2. The van der Waals surface area contributed by atoms with Crippen molar-refractivity contribution in [3.05, 3.63) is 59.7 Å². The predicted molar refractivity (Wildman–Crippen MR) is 137 cm³/mol. The average molecular weight is 529 g/mol. The molecular weight excluding hydrogens is 498 g/mol. The number of aryl methyl sites for hydroxylation is 1. The Bertz CT molecular complexity index is 1460. The topological polar surface area (TPSA) is 80.7 Å². The second-order valence-corrected chi connectivity index (χ2v) is 13.1. The molecule has 1 N–H and O–H groups in total. The van der Waals surface area contributed by atoms with Crippen LogP contribution in [-0.4, -0.2) is 30.8 Å². The minimum atomic E-state index is -5.90. The second kappa shape index (κ2) is 8.21. The molecule has 4 bridgehead atoms. The first-order chi connectivity index (χ1) is 17.5. The SMILES string of the molecule is CCc1c2ccccc2c(C23CC4CC(CC(COC(=O)C(F)(F)S(=O)(=O)O)(C4)C2)C3)c2ccccc12. The van der Waals surface area contributed by atoms with Crippen LogP contribution in [0, 0.1) is 17.3 Å². The molecule has 0 heterocycles.